The SMILES string of the molecule is COC(=O)c1ccc(Cn2cccn2)o1. The molecule has 0 aliphatic carbocycles. The lowest BCUT2D eigenvalue weighted by molar-refractivity contribution is 0.0563. The van der Waals surface area contributed by atoms with E-state index in [9.17, 15) is 4.79 Å². The Morgan fingerprint density at radius 1 is 1.60 bits per heavy atom. The van der Waals surface area contributed by atoms with Crippen LogP contribution in [0.1, 0.15) is 16.3 Å². The maximum Gasteiger partial charge on any atom is 0.373 e. The largest absolute Gasteiger partial charge is 0.463 e. The molecule has 0 bridgehead atoms. The van der Waals surface area contributed by atoms with Gasteiger partial charge in [0.15, 0.2) is 0 Å². The molecule has 0 radical (unpaired) electrons. The highest BCUT2D eigenvalue weighted by molar-refractivity contribution is 5.86. The van der Waals surface area contributed by atoms with Crippen LogP contribution in [0.5, 0.6) is 0 Å². The predicted octanol–water partition coefficient (Wildman–Crippen LogP) is 1.31. The minimum absolute atomic E-state index is 0.208. The molecule has 0 atom stereocenters. The van der Waals surface area contributed by atoms with E-state index in [1.54, 1.807) is 23.0 Å². The van der Waals surface area contributed by atoms with Crippen LogP contribution < -0.4 is 0 Å². The van der Waals surface area contributed by atoms with Gasteiger partial charge in [-0.25, -0.2) is 4.79 Å². The van der Waals surface area contributed by atoms with Crippen LogP contribution in [0.4, 0.5) is 0 Å². The monoisotopic (exact) mass is 206 g/mol. The van der Waals surface area contributed by atoms with E-state index in [2.05, 4.69) is 9.84 Å². The van der Waals surface area contributed by atoms with Crippen molar-refractivity contribution >= 4 is 5.97 Å². The van der Waals surface area contributed by atoms with Crippen LogP contribution in [-0.4, -0.2) is 22.9 Å². The zero-order valence-electron chi connectivity index (χ0n) is 8.21. The average Bonchev–Trinajstić information content (AvgIpc) is 2.88. The summed E-state index contributed by atoms with van der Waals surface area (Å²) in [7, 11) is 1.32. The molecule has 0 aliphatic heterocycles. The van der Waals surface area contributed by atoms with Crippen molar-refractivity contribution in [2.24, 2.45) is 0 Å². The van der Waals surface area contributed by atoms with Crippen molar-refractivity contribution in [2.75, 3.05) is 7.11 Å². The van der Waals surface area contributed by atoms with Crippen LogP contribution in [0, 0.1) is 0 Å². The zero-order valence-corrected chi connectivity index (χ0v) is 8.21. The Kier molecular flexibility index (Phi) is 2.53. The van der Waals surface area contributed by atoms with Gasteiger partial charge in [-0.3, -0.25) is 4.68 Å². The summed E-state index contributed by atoms with van der Waals surface area (Å²) in [6.07, 6.45) is 3.50. The number of nitrogens with zero attached hydrogens (tertiary/aromatic N) is 2. The van der Waals surface area contributed by atoms with Crippen molar-refractivity contribution in [1.29, 1.82) is 0 Å². The van der Waals surface area contributed by atoms with Gasteiger partial charge in [-0.15, -0.1) is 0 Å². The van der Waals surface area contributed by atoms with Crippen molar-refractivity contribution in [3.05, 3.63) is 42.1 Å². The number of hydrogen-bond donors (Lipinski definition) is 0. The molecule has 2 heterocycles. The fraction of sp³-hybridized carbons (Fsp3) is 0.200. The minimum atomic E-state index is -0.471. The van der Waals surface area contributed by atoms with Gasteiger partial charge in [-0.05, 0) is 18.2 Å². The molecule has 0 saturated carbocycles. The summed E-state index contributed by atoms with van der Waals surface area (Å²) in [5, 5.41) is 4.03. The maximum absolute atomic E-state index is 11.1. The summed E-state index contributed by atoms with van der Waals surface area (Å²) >= 11 is 0. The lowest BCUT2D eigenvalue weighted by Gasteiger charge is -1.97. The van der Waals surface area contributed by atoms with E-state index < -0.39 is 5.97 Å². The first-order valence-corrected chi connectivity index (χ1v) is 4.44. The predicted molar refractivity (Wildman–Crippen MR) is 51.4 cm³/mol. The molecule has 0 N–H and O–H groups in total. The first kappa shape index (κ1) is 9.51. The molecule has 2 aromatic heterocycles. The highest BCUT2D eigenvalue weighted by atomic mass is 16.5. The highest BCUT2D eigenvalue weighted by Crippen LogP contribution is 2.10. The van der Waals surface area contributed by atoms with Crippen molar-refractivity contribution in [2.45, 2.75) is 6.54 Å². The van der Waals surface area contributed by atoms with Crippen molar-refractivity contribution in [3.63, 3.8) is 0 Å². The quantitative estimate of drug-likeness (QED) is 0.710. The second-order valence-corrected chi connectivity index (χ2v) is 2.96. The van der Waals surface area contributed by atoms with E-state index in [1.165, 1.54) is 7.11 Å². The number of carbonyl (C=O) groups is 1. The number of esters is 1. The van der Waals surface area contributed by atoms with Gasteiger partial charge in [0.2, 0.25) is 5.76 Å². The average molecular weight is 206 g/mol. The van der Waals surface area contributed by atoms with E-state index in [-0.39, 0.29) is 5.76 Å². The molecule has 5 nitrogen and oxygen atoms in total. The Morgan fingerprint density at radius 2 is 2.47 bits per heavy atom. The first-order chi connectivity index (χ1) is 7.29. The van der Waals surface area contributed by atoms with E-state index in [4.69, 9.17) is 4.42 Å². The molecule has 0 spiro atoms. The lowest BCUT2D eigenvalue weighted by Crippen LogP contribution is -2.00. The molecule has 78 valence electrons. The second-order valence-electron chi connectivity index (χ2n) is 2.96. The van der Waals surface area contributed by atoms with Gasteiger partial charge in [0, 0.05) is 12.4 Å². The third-order valence-electron chi connectivity index (χ3n) is 1.93. The number of methoxy groups -OCH3 is 1. The number of rotatable bonds is 3. The third-order valence-corrected chi connectivity index (χ3v) is 1.93. The Labute approximate surface area is 86.3 Å². The van der Waals surface area contributed by atoms with Gasteiger partial charge >= 0.3 is 5.97 Å². The number of ether oxygens (including phenoxy) is 1. The normalized spacial score (nSPS) is 10.2. The molecule has 5 heteroatoms. The smallest absolute Gasteiger partial charge is 0.373 e. The molecular weight excluding hydrogens is 196 g/mol. The molecule has 0 aliphatic rings. The molecule has 2 rings (SSSR count). The first-order valence-electron chi connectivity index (χ1n) is 4.44. The number of carbonyl (C=O) groups excluding carboxylic acids is 1. The van der Waals surface area contributed by atoms with Gasteiger partial charge < -0.3 is 9.15 Å². The van der Waals surface area contributed by atoms with Gasteiger partial charge in [0.1, 0.15) is 5.76 Å². The minimum Gasteiger partial charge on any atom is -0.463 e. The lowest BCUT2D eigenvalue weighted by atomic mass is 10.4. The molecule has 0 fully saturated rings. The van der Waals surface area contributed by atoms with Crippen molar-refractivity contribution in [3.8, 4) is 0 Å². The topological polar surface area (TPSA) is 57.3 Å². The molecule has 0 aromatic carbocycles. The van der Waals surface area contributed by atoms with Crippen LogP contribution in [-0.2, 0) is 11.3 Å². The summed E-state index contributed by atoms with van der Waals surface area (Å²) < 4.78 is 11.5. The Morgan fingerprint density at radius 3 is 3.13 bits per heavy atom. The molecule has 0 amide bonds. The molecule has 0 saturated heterocycles. The van der Waals surface area contributed by atoms with Crippen molar-refractivity contribution < 1.29 is 13.9 Å². The summed E-state index contributed by atoms with van der Waals surface area (Å²) in [5.74, 6) is 0.403. The fourth-order valence-electron chi connectivity index (χ4n) is 1.23. The molecule has 2 aromatic rings. The Bertz CT molecular complexity index is 445. The van der Waals surface area contributed by atoms with Gasteiger partial charge in [0.05, 0.1) is 13.7 Å². The number of hydrogen-bond acceptors (Lipinski definition) is 4. The van der Waals surface area contributed by atoms with Crippen LogP contribution >= 0.6 is 0 Å². The van der Waals surface area contributed by atoms with E-state index in [0.717, 1.165) is 0 Å². The highest BCUT2D eigenvalue weighted by Gasteiger charge is 2.10. The summed E-state index contributed by atoms with van der Waals surface area (Å²) in [5.41, 5.74) is 0. The van der Waals surface area contributed by atoms with Crippen LogP contribution in [0.25, 0.3) is 0 Å². The van der Waals surface area contributed by atoms with Crippen LogP contribution in [0.3, 0.4) is 0 Å². The third kappa shape index (κ3) is 2.07. The Balaban J connectivity index is 2.11. The number of aromatic nitrogens is 2. The fourth-order valence-corrected chi connectivity index (χ4v) is 1.23. The zero-order chi connectivity index (χ0) is 10.7. The molecule has 15 heavy (non-hydrogen) atoms. The van der Waals surface area contributed by atoms with Crippen molar-refractivity contribution in [1.82, 2.24) is 9.78 Å². The standard InChI is InChI=1S/C10H10N2O3/c1-14-10(13)9-4-3-8(15-9)7-12-6-2-5-11-12/h2-6H,7H2,1H3. The number of furan rings is 1. The second kappa shape index (κ2) is 4.00. The summed E-state index contributed by atoms with van der Waals surface area (Å²) in [6.45, 7) is 0.504. The summed E-state index contributed by atoms with van der Waals surface area (Å²) in [6, 6.07) is 5.14. The van der Waals surface area contributed by atoms with E-state index in [0.29, 0.717) is 12.3 Å². The van der Waals surface area contributed by atoms with Crippen LogP contribution in [0.15, 0.2) is 35.0 Å². The van der Waals surface area contributed by atoms with Gasteiger partial charge in [0.25, 0.3) is 0 Å². The molecular formula is C10H10N2O3. The van der Waals surface area contributed by atoms with Crippen LogP contribution in [0.2, 0.25) is 0 Å². The maximum atomic E-state index is 11.1. The summed E-state index contributed by atoms with van der Waals surface area (Å²) in [4.78, 5) is 11.1. The Hall–Kier alpha value is -2.04. The van der Waals surface area contributed by atoms with Gasteiger partial charge in [-0.2, -0.15) is 5.10 Å². The van der Waals surface area contributed by atoms with E-state index in [1.807, 2.05) is 12.3 Å². The molecule has 0 unspecified atom stereocenters. The van der Waals surface area contributed by atoms with Gasteiger partial charge in [-0.1, -0.05) is 0 Å². The van der Waals surface area contributed by atoms with E-state index >= 15 is 0 Å².